The molecule has 1 aromatic heterocycles. The van der Waals surface area contributed by atoms with Gasteiger partial charge in [-0.25, -0.2) is 4.98 Å². The first-order chi connectivity index (χ1) is 9.11. The van der Waals surface area contributed by atoms with Crippen molar-refractivity contribution in [1.29, 1.82) is 0 Å². The summed E-state index contributed by atoms with van der Waals surface area (Å²) in [7, 11) is 0. The van der Waals surface area contributed by atoms with Crippen LogP contribution in [-0.2, 0) is 0 Å². The van der Waals surface area contributed by atoms with Crippen LogP contribution in [0.15, 0.2) is 0 Å². The number of anilines is 2. The molecule has 0 saturated heterocycles. The van der Waals surface area contributed by atoms with E-state index < -0.39 is 0 Å². The Morgan fingerprint density at radius 1 is 1.53 bits per heavy atom. The molecule has 1 aromatic rings. The van der Waals surface area contributed by atoms with Gasteiger partial charge in [-0.1, -0.05) is 31.6 Å². The zero-order valence-corrected chi connectivity index (χ0v) is 12.3. The molecule has 1 heterocycles. The van der Waals surface area contributed by atoms with Gasteiger partial charge in [-0.15, -0.1) is 0 Å². The second-order valence-electron chi connectivity index (χ2n) is 5.15. The molecule has 0 radical (unpaired) electrons. The zero-order valence-electron chi connectivity index (χ0n) is 11.5. The van der Waals surface area contributed by atoms with Gasteiger partial charge in [0.05, 0.1) is 0 Å². The molecule has 2 atom stereocenters. The molecule has 2 unspecified atom stereocenters. The quantitative estimate of drug-likeness (QED) is 0.775. The van der Waals surface area contributed by atoms with Gasteiger partial charge in [-0.2, -0.15) is 0 Å². The van der Waals surface area contributed by atoms with Crippen LogP contribution in [0.25, 0.3) is 0 Å². The molecule has 106 valence electrons. The van der Waals surface area contributed by atoms with Crippen LogP contribution in [0.1, 0.15) is 49.2 Å². The first-order valence-corrected chi connectivity index (χ1v) is 7.74. The normalized spacial score (nSPS) is 22.4. The molecular weight excluding hydrogens is 260 g/mol. The monoisotopic (exact) mass is 282 g/mol. The van der Waals surface area contributed by atoms with Crippen molar-refractivity contribution < 1.29 is 4.79 Å². The number of aromatic nitrogens is 1. The molecule has 0 bridgehead atoms. The summed E-state index contributed by atoms with van der Waals surface area (Å²) < 4.78 is 0. The van der Waals surface area contributed by atoms with Crippen molar-refractivity contribution in [2.24, 2.45) is 5.92 Å². The molecule has 1 amide bonds. The van der Waals surface area contributed by atoms with Crippen molar-refractivity contribution in [3.05, 3.63) is 4.88 Å². The van der Waals surface area contributed by atoms with Crippen LogP contribution in [0.4, 0.5) is 10.9 Å². The Hall–Kier alpha value is -1.30. The lowest BCUT2D eigenvalue weighted by atomic mass is 10.1. The van der Waals surface area contributed by atoms with Gasteiger partial charge in [-0.3, -0.25) is 4.79 Å². The first kappa shape index (κ1) is 14.1. The third-order valence-electron chi connectivity index (χ3n) is 3.56. The molecule has 5 nitrogen and oxygen atoms in total. The first-order valence-electron chi connectivity index (χ1n) is 6.92. The van der Waals surface area contributed by atoms with E-state index in [1.54, 1.807) is 0 Å². The number of amides is 1. The van der Waals surface area contributed by atoms with Crippen molar-refractivity contribution in [3.63, 3.8) is 0 Å². The largest absolute Gasteiger partial charge is 0.382 e. The number of nitrogen functional groups attached to an aromatic ring is 1. The van der Waals surface area contributed by atoms with Gasteiger partial charge in [-0.05, 0) is 25.2 Å². The molecule has 0 aromatic carbocycles. The molecule has 0 aliphatic heterocycles. The minimum Gasteiger partial charge on any atom is -0.382 e. The van der Waals surface area contributed by atoms with E-state index in [9.17, 15) is 4.79 Å². The summed E-state index contributed by atoms with van der Waals surface area (Å²) in [6, 6.07) is 0.279. The topological polar surface area (TPSA) is 80.0 Å². The van der Waals surface area contributed by atoms with Gasteiger partial charge < -0.3 is 16.4 Å². The summed E-state index contributed by atoms with van der Waals surface area (Å²) in [5.41, 5.74) is 5.82. The number of nitrogens with two attached hydrogens (primary N) is 1. The molecular formula is C13H22N4OS. The van der Waals surface area contributed by atoms with Gasteiger partial charge in [0.25, 0.3) is 5.91 Å². The maximum absolute atomic E-state index is 12.2. The number of hydrogen-bond acceptors (Lipinski definition) is 5. The van der Waals surface area contributed by atoms with Crippen LogP contribution in [0.5, 0.6) is 0 Å². The van der Waals surface area contributed by atoms with Crippen molar-refractivity contribution >= 4 is 28.2 Å². The molecule has 0 spiro atoms. The minimum absolute atomic E-state index is 0.0849. The van der Waals surface area contributed by atoms with E-state index in [0.29, 0.717) is 16.6 Å². The lowest BCUT2D eigenvalue weighted by Crippen LogP contribution is -2.36. The fourth-order valence-corrected chi connectivity index (χ4v) is 3.21. The van der Waals surface area contributed by atoms with E-state index in [4.69, 9.17) is 5.73 Å². The fourth-order valence-electron chi connectivity index (χ4n) is 2.40. The fraction of sp³-hybridized carbons (Fsp3) is 0.692. The lowest BCUT2D eigenvalue weighted by molar-refractivity contribution is 0.0934. The van der Waals surface area contributed by atoms with Crippen LogP contribution >= 0.6 is 11.3 Å². The highest BCUT2D eigenvalue weighted by atomic mass is 32.1. The van der Waals surface area contributed by atoms with E-state index in [1.165, 1.54) is 24.2 Å². The van der Waals surface area contributed by atoms with Gasteiger partial charge in [0, 0.05) is 12.6 Å². The third kappa shape index (κ3) is 3.37. The number of rotatable bonds is 5. The van der Waals surface area contributed by atoms with Gasteiger partial charge in [0.1, 0.15) is 10.7 Å². The average Bonchev–Trinajstić information content (AvgIpc) is 2.94. The summed E-state index contributed by atoms with van der Waals surface area (Å²) >= 11 is 1.33. The molecule has 19 heavy (non-hydrogen) atoms. The molecule has 1 aliphatic rings. The Morgan fingerprint density at radius 3 is 2.95 bits per heavy atom. The number of carbonyl (C=O) groups is 1. The Balaban J connectivity index is 2.00. The second kappa shape index (κ2) is 6.23. The Morgan fingerprint density at radius 2 is 2.32 bits per heavy atom. The number of nitrogens with zero attached hydrogens (tertiary/aromatic N) is 1. The Kier molecular flexibility index (Phi) is 4.63. The summed E-state index contributed by atoms with van der Waals surface area (Å²) in [5, 5.41) is 6.97. The predicted octanol–water partition coefficient (Wildman–Crippen LogP) is 2.47. The highest BCUT2D eigenvalue weighted by molar-refractivity contribution is 7.18. The van der Waals surface area contributed by atoms with E-state index in [1.807, 2.05) is 0 Å². The molecule has 1 aliphatic carbocycles. The summed E-state index contributed by atoms with van der Waals surface area (Å²) in [6.07, 6.45) is 4.45. The highest BCUT2D eigenvalue weighted by Crippen LogP contribution is 2.28. The number of carbonyl (C=O) groups excluding carboxylic acids is 1. The lowest BCUT2D eigenvalue weighted by Gasteiger charge is -2.16. The second-order valence-corrected chi connectivity index (χ2v) is 6.15. The van der Waals surface area contributed by atoms with E-state index in [2.05, 4.69) is 29.5 Å². The summed E-state index contributed by atoms with van der Waals surface area (Å²) in [6.45, 7) is 5.11. The van der Waals surface area contributed by atoms with E-state index in [0.717, 1.165) is 24.5 Å². The molecule has 6 heteroatoms. The van der Waals surface area contributed by atoms with Gasteiger partial charge in [0.2, 0.25) is 0 Å². The van der Waals surface area contributed by atoms with Crippen LogP contribution < -0.4 is 16.4 Å². The van der Waals surface area contributed by atoms with Crippen LogP contribution in [0, 0.1) is 5.92 Å². The van der Waals surface area contributed by atoms with E-state index in [-0.39, 0.29) is 11.9 Å². The molecule has 1 saturated carbocycles. The number of thiazole rings is 1. The summed E-state index contributed by atoms with van der Waals surface area (Å²) in [5.74, 6) is 0.792. The van der Waals surface area contributed by atoms with Crippen molar-refractivity contribution in [2.75, 3.05) is 17.6 Å². The smallest absolute Gasteiger partial charge is 0.265 e. The van der Waals surface area contributed by atoms with Crippen LogP contribution in [0.3, 0.4) is 0 Å². The maximum Gasteiger partial charge on any atom is 0.265 e. The standard InChI is InChI=1S/C13H22N4OS/c1-3-7-15-13-17-11(14)10(19-13)12(18)16-9-6-4-5-8(9)2/h8-9H,3-7,14H2,1-2H3,(H,15,17)(H,16,18). The van der Waals surface area contributed by atoms with Crippen molar-refractivity contribution in [3.8, 4) is 0 Å². The molecule has 1 fully saturated rings. The maximum atomic E-state index is 12.2. The summed E-state index contributed by atoms with van der Waals surface area (Å²) in [4.78, 5) is 16.9. The Bertz CT molecular complexity index is 446. The number of nitrogens with one attached hydrogen (secondary N) is 2. The SMILES string of the molecule is CCCNc1nc(N)c(C(=O)NC2CCCC2C)s1. The van der Waals surface area contributed by atoms with Crippen LogP contribution in [0.2, 0.25) is 0 Å². The Labute approximate surface area is 118 Å². The van der Waals surface area contributed by atoms with Crippen molar-refractivity contribution in [1.82, 2.24) is 10.3 Å². The van der Waals surface area contributed by atoms with Crippen molar-refractivity contribution in [2.45, 2.75) is 45.6 Å². The third-order valence-corrected chi connectivity index (χ3v) is 4.59. The molecule has 4 N–H and O–H groups in total. The van der Waals surface area contributed by atoms with E-state index >= 15 is 0 Å². The predicted molar refractivity (Wildman–Crippen MR) is 79.6 cm³/mol. The zero-order chi connectivity index (χ0) is 13.8. The average molecular weight is 282 g/mol. The van der Waals surface area contributed by atoms with Gasteiger partial charge >= 0.3 is 0 Å². The minimum atomic E-state index is -0.0849. The molecule has 2 rings (SSSR count). The number of hydrogen-bond donors (Lipinski definition) is 3. The van der Waals surface area contributed by atoms with Gasteiger partial charge in [0.15, 0.2) is 5.13 Å². The highest BCUT2D eigenvalue weighted by Gasteiger charge is 2.26. The van der Waals surface area contributed by atoms with Crippen LogP contribution in [-0.4, -0.2) is 23.5 Å².